The highest BCUT2D eigenvalue weighted by Crippen LogP contribution is 2.29. The molecule has 0 aliphatic carbocycles. The number of aromatic nitrogens is 3. The van der Waals surface area contributed by atoms with E-state index < -0.39 is 5.97 Å². The van der Waals surface area contributed by atoms with Gasteiger partial charge in [-0.3, -0.25) is 4.68 Å². The first-order chi connectivity index (χ1) is 8.06. The molecule has 0 amide bonds. The summed E-state index contributed by atoms with van der Waals surface area (Å²) in [7, 11) is 0. The molecule has 6 nitrogen and oxygen atoms in total. The highest BCUT2D eigenvalue weighted by atomic mass is 16.5. The van der Waals surface area contributed by atoms with Gasteiger partial charge in [-0.1, -0.05) is 5.16 Å². The van der Waals surface area contributed by atoms with E-state index in [4.69, 9.17) is 9.63 Å². The first-order valence-electron chi connectivity index (χ1n) is 5.28. The summed E-state index contributed by atoms with van der Waals surface area (Å²) in [4.78, 5) is 11.0. The monoisotopic (exact) mass is 235 g/mol. The third kappa shape index (κ3) is 1.71. The Morgan fingerprint density at radius 3 is 2.76 bits per heavy atom. The van der Waals surface area contributed by atoms with Crippen LogP contribution in [0.1, 0.15) is 28.7 Å². The van der Waals surface area contributed by atoms with Crippen LogP contribution < -0.4 is 0 Å². The van der Waals surface area contributed by atoms with Crippen LogP contribution in [0.3, 0.4) is 0 Å². The number of hydrogen-bond acceptors (Lipinski definition) is 4. The predicted molar refractivity (Wildman–Crippen MR) is 59.8 cm³/mol. The molecule has 0 aliphatic heterocycles. The van der Waals surface area contributed by atoms with Crippen molar-refractivity contribution in [2.75, 3.05) is 0 Å². The molecule has 0 spiro atoms. The molecule has 1 N–H and O–H groups in total. The largest absolute Gasteiger partial charge is 0.477 e. The number of carboxylic acids is 1. The van der Waals surface area contributed by atoms with Gasteiger partial charge in [-0.2, -0.15) is 5.10 Å². The van der Waals surface area contributed by atoms with Gasteiger partial charge >= 0.3 is 5.97 Å². The average molecular weight is 235 g/mol. The minimum absolute atomic E-state index is 0.0619. The lowest BCUT2D eigenvalue weighted by molar-refractivity contribution is 0.0697. The van der Waals surface area contributed by atoms with Gasteiger partial charge in [-0.15, -0.1) is 0 Å². The van der Waals surface area contributed by atoms with Crippen LogP contribution in [0.5, 0.6) is 0 Å². The Kier molecular flexibility index (Phi) is 2.71. The van der Waals surface area contributed by atoms with Gasteiger partial charge in [0.1, 0.15) is 5.56 Å². The van der Waals surface area contributed by atoms with Crippen LogP contribution in [-0.4, -0.2) is 26.0 Å². The molecular formula is C11H13N3O3. The Morgan fingerprint density at radius 2 is 2.24 bits per heavy atom. The van der Waals surface area contributed by atoms with Crippen molar-refractivity contribution in [3.8, 4) is 11.3 Å². The van der Waals surface area contributed by atoms with E-state index in [0.29, 0.717) is 5.56 Å². The van der Waals surface area contributed by atoms with Crippen molar-refractivity contribution in [3.63, 3.8) is 0 Å². The number of aryl methyl sites for hydroxylation is 2. The van der Waals surface area contributed by atoms with E-state index >= 15 is 0 Å². The fourth-order valence-corrected chi connectivity index (χ4v) is 1.91. The van der Waals surface area contributed by atoms with E-state index in [9.17, 15) is 4.79 Å². The Labute approximate surface area is 97.8 Å². The molecule has 0 radical (unpaired) electrons. The minimum atomic E-state index is -1.05. The number of carbonyl (C=O) groups is 1. The summed E-state index contributed by atoms with van der Waals surface area (Å²) in [6.45, 7) is 6.40. The average Bonchev–Trinajstić information content (AvgIpc) is 2.83. The van der Waals surface area contributed by atoms with E-state index in [0.717, 1.165) is 17.9 Å². The molecule has 6 heteroatoms. The van der Waals surface area contributed by atoms with Crippen LogP contribution in [0.15, 0.2) is 10.7 Å². The zero-order valence-corrected chi connectivity index (χ0v) is 9.89. The van der Waals surface area contributed by atoms with E-state index in [-0.39, 0.29) is 11.3 Å². The first kappa shape index (κ1) is 11.4. The SMILES string of the molecule is CCn1nc(C)c(-c2oncc2C(=O)O)c1C. The summed E-state index contributed by atoms with van der Waals surface area (Å²) < 4.78 is 6.85. The molecule has 0 aromatic carbocycles. The van der Waals surface area contributed by atoms with E-state index in [1.807, 2.05) is 20.8 Å². The normalized spacial score (nSPS) is 10.8. The predicted octanol–water partition coefficient (Wildman–Crippen LogP) is 1.87. The number of rotatable bonds is 3. The van der Waals surface area contributed by atoms with Crippen LogP contribution >= 0.6 is 0 Å². The van der Waals surface area contributed by atoms with E-state index in [1.165, 1.54) is 6.20 Å². The lowest BCUT2D eigenvalue weighted by atomic mass is 10.1. The number of carboxylic acid groups (broad SMARTS) is 1. The minimum Gasteiger partial charge on any atom is -0.477 e. The molecule has 2 aromatic rings. The summed E-state index contributed by atoms with van der Waals surface area (Å²) >= 11 is 0. The van der Waals surface area contributed by atoms with Gasteiger partial charge in [0, 0.05) is 12.2 Å². The molecule has 2 heterocycles. The molecule has 90 valence electrons. The molecule has 0 aliphatic rings. The molecular weight excluding hydrogens is 222 g/mol. The van der Waals surface area contributed by atoms with Crippen molar-refractivity contribution in [3.05, 3.63) is 23.1 Å². The summed E-state index contributed by atoms with van der Waals surface area (Å²) in [5.74, 6) is -0.781. The Morgan fingerprint density at radius 1 is 1.53 bits per heavy atom. The number of hydrogen-bond donors (Lipinski definition) is 1. The summed E-state index contributed by atoms with van der Waals surface area (Å²) in [6.07, 6.45) is 1.21. The lowest BCUT2D eigenvalue weighted by Crippen LogP contribution is -1.99. The van der Waals surface area contributed by atoms with Gasteiger partial charge in [0.15, 0.2) is 5.76 Å². The van der Waals surface area contributed by atoms with Crippen molar-refractivity contribution in [1.82, 2.24) is 14.9 Å². The van der Waals surface area contributed by atoms with Crippen molar-refractivity contribution in [1.29, 1.82) is 0 Å². The molecule has 0 fully saturated rings. The number of aromatic carboxylic acids is 1. The molecule has 17 heavy (non-hydrogen) atoms. The smallest absolute Gasteiger partial charge is 0.341 e. The highest BCUT2D eigenvalue weighted by molar-refractivity contribution is 5.94. The van der Waals surface area contributed by atoms with Gasteiger partial charge in [0.25, 0.3) is 0 Å². The molecule has 0 bridgehead atoms. The third-order valence-corrected chi connectivity index (χ3v) is 2.71. The van der Waals surface area contributed by atoms with Crippen LogP contribution in [0.2, 0.25) is 0 Å². The second kappa shape index (κ2) is 4.04. The Hall–Kier alpha value is -2.11. The second-order valence-electron chi connectivity index (χ2n) is 3.74. The summed E-state index contributed by atoms with van der Waals surface area (Å²) in [6, 6.07) is 0. The van der Waals surface area contributed by atoms with Gasteiger partial charge in [0.05, 0.1) is 17.5 Å². The quantitative estimate of drug-likeness (QED) is 0.878. The fraction of sp³-hybridized carbons (Fsp3) is 0.364. The molecule has 0 atom stereocenters. The van der Waals surface area contributed by atoms with Crippen molar-refractivity contribution in [2.45, 2.75) is 27.3 Å². The van der Waals surface area contributed by atoms with Crippen molar-refractivity contribution < 1.29 is 14.4 Å². The van der Waals surface area contributed by atoms with Gasteiger partial charge in [-0.05, 0) is 20.8 Å². The molecule has 0 saturated carbocycles. The van der Waals surface area contributed by atoms with Gasteiger partial charge < -0.3 is 9.63 Å². The molecule has 0 saturated heterocycles. The van der Waals surface area contributed by atoms with Crippen LogP contribution in [0.25, 0.3) is 11.3 Å². The van der Waals surface area contributed by atoms with E-state index in [1.54, 1.807) is 4.68 Å². The fourth-order valence-electron chi connectivity index (χ4n) is 1.91. The third-order valence-electron chi connectivity index (χ3n) is 2.71. The van der Waals surface area contributed by atoms with Crippen LogP contribution in [0, 0.1) is 13.8 Å². The van der Waals surface area contributed by atoms with Crippen LogP contribution in [0.4, 0.5) is 0 Å². The lowest BCUT2D eigenvalue weighted by Gasteiger charge is -2.00. The maximum atomic E-state index is 11.0. The number of nitrogens with zero attached hydrogens (tertiary/aromatic N) is 3. The molecule has 2 aromatic heterocycles. The molecule has 0 unspecified atom stereocenters. The van der Waals surface area contributed by atoms with Gasteiger partial charge in [-0.25, -0.2) is 4.79 Å². The van der Waals surface area contributed by atoms with Crippen molar-refractivity contribution in [2.24, 2.45) is 0 Å². The molecule has 2 rings (SSSR count). The highest BCUT2D eigenvalue weighted by Gasteiger charge is 2.23. The summed E-state index contributed by atoms with van der Waals surface area (Å²) in [5, 5.41) is 16.9. The zero-order chi connectivity index (χ0) is 12.6. The topological polar surface area (TPSA) is 81.2 Å². The van der Waals surface area contributed by atoms with Crippen molar-refractivity contribution >= 4 is 5.97 Å². The maximum Gasteiger partial charge on any atom is 0.341 e. The van der Waals surface area contributed by atoms with Crippen LogP contribution in [-0.2, 0) is 6.54 Å². The zero-order valence-electron chi connectivity index (χ0n) is 9.89. The van der Waals surface area contributed by atoms with Gasteiger partial charge in [0.2, 0.25) is 0 Å². The summed E-state index contributed by atoms with van der Waals surface area (Å²) in [5.41, 5.74) is 2.39. The standard InChI is InChI=1S/C11H13N3O3/c1-4-14-7(3)9(6(2)13-14)10-8(11(15)16)5-12-17-10/h5H,4H2,1-3H3,(H,15,16). The second-order valence-corrected chi connectivity index (χ2v) is 3.74. The maximum absolute atomic E-state index is 11.0. The Bertz CT molecular complexity index is 569. The van der Waals surface area contributed by atoms with E-state index in [2.05, 4.69) is 10.3 Å². The Balaban J connectivity index is 2.64. The first-order valence-corrected chi connectivity index (χ1v) is 5.28.